The van der Waals surface area contributed by atoms with Crippen molar-refractivity contribution in [2.24, 2.45) is 11.1 Å². The Morgan fingerprint density at radius 3 is 2.81 bits per heavy atom. The zero-order valence-electron chi connectivity index (χ0n) is 12.3. The van der Waals surface area contributed by atoms with Crippen LogP contribution in [0.15, 0.2) is 23.4 Å². The van der Waals surface area contributed by atoms with Crippen LogP contribution in [0.5, 0.6) is 5.75 Å². The van der Waals surface area contributed by atoms with Crippen LogP contribution in [0.2, 0.25) is 0 Å². The Bertz CT molecular complexity index is 521. The summed E-state index contributed by atoms with van der Waals surface area (Å²) in [6, 6.07) is 5.82. The van der Waals surface area contributed by atoms with Crippen molar-refractivity contribution in [3.8, 4) is 5.75 Å². The summed E-state index contributed by atoms with van der Waals surface area (Å²) >= 11 is 0. The zero-order chi connectivity index (χ0) is 14.7. The van der Waals surface area contributed by atoms with Gasteiger partial charge in [-0.2, -0.15) is 0 Å². The monoisotopic (exact) mass is 289 g/mol. The molecule has 2 aliphatic rings. The van der Waals surface area contributed by atoms with Crippen molar-refractivity contribution in [1.29, 1.82) is 0 Å². The molecule has 1 aromatic rings. The van der Waals surface area contributed by atoms with Gasteiger partial charge in [0.05, 0.1) is 11.8 Å². The first-order valence-corrected chi connectivity index (χ1v) is 7.91. The lowest BCUT2D eigenvalue weighted by molar-refractivity contribution is 0.0855. The van der Waals surface area contributed by atoms with Crippen LogP contribution in [-0.4, -0.2) is 28.7 Å². The van der Waals surface area contributed by atoms with E-state index in [-0.39, 0.29) is 6.10 Å². The van der Waals surface area contributed by atoms with E-state index in [1.807, 2.05) is 18.2 Å². The number of oxime groups is 1. The Morgan fingerprint density at radius 2 is 2.05 bits per heavy atom. The van der Waals surface area contributed by atoms with Gasteiger partial charge in [-0.3, -0.25) is 0 Å². The van der Waals surface area contributed by atoms with Gasteiger partial charge in [0.25, 0.3) is 0 Å². The van der Waals surface area contributed by atoms with E-state index in [2.05, 4.69) is 5.16 Å². The number of nitrogens with zero attached hydrogens (tertiary/aromatic N) is 1. The highest BCUT2D eigenvalue weighted by Gasteiger charge is 2.20. The summed E-state index contributed by atoms with van der Waals surface area (Å²) in [5.74, 6) is 1.46. The van der Waals surface area contributed by atoms with E-state index in [9.17, 15) is 5.11 Å². The van der Waals surface area contributed by atoms with Gasteiger partial charge in [-0.1, -0.05) is 30.8 Å². The summed E-state index contributed by atoms with van der Waals surface area (Å²) in [6.07, 6.45) is 7.24. The van der Waals surface area contributed by atoms with Gasteiger partial charge in [-0.15, -0.1) is 0 Å². The second kappa shape index (κ2) is 6.48. The highest BCUT2D eigenvalue weighted by atomic mass is 16.5. The number of hydrogen-bond donors (Lipinski definition) is 2. The highest BCUT2D eigenvalue weighted by Crippen LogP contribution is 2.29. The number of ether oxygens (including phenoxy) is 1. The van der Waals surface area contributed by atoms with Gasteiger partial charge in [0.2, 0.25) is 0 Å². The van der Waals surface area contributed by atoms with Crippen LogP contribution < -0.4 is 4.74 Å². The lowest BCUT2D eigenvalue weighted by Crippen LogP contribution is -2.20. The Hall–Kier alpha value is -1.55. The highest BCUT2D eigenvalue weighted by molar-refractivity contribution is 6.04. The second-order valence-corrected chi connectivity index (χ2v) is 6.22. The molecule has 0 heterocycles. The molecule has 3 rings (SSSR count). The van der Waals surface area contributed by atoms with Crippen molar-refractivity contribution in [1.82, 2.24) is 0 Å². The van der Waals surface area contributed by atoms with Crippen molar-refractivity contribution >= 4 is 5.71 Å². The Morgan fingerprint density at radius 1 is 1.24 bits per heavy atom. The predicted octanol–water partition coefficient (Wildman–Crippen LogP) is 3.13. The van der Waals surface area contributed by atoms with E-state index in [1.54, 1.807) is 0 Å². The molecule has 0 radical (unpaired) electrons. The number of hydrogen-bond acceptors (Lipinski definition) is 4. The van der Waals surface area contributed by atoms with Crippen LogP contribution in [0, 0.1) is 5.92 Å². The van der Waals surface area contributed by atoms with Crippen molar-refractivity contribution in [2.75, 3.05) is 6.61 Å². The van der Waals surface area contributed by atoms with E-state index in [1.165, 1.54) is 25.7 Å². The van der Waals surface area contributed by atoms with E-state index < -0.39 is 0 Å². The molecule has 4 nitrogen and oxygen atoms in total. The maximum Gasteiger partial charge on any atom is 0.119 e. The van der Waals surface area contributed by atoms with Crippen LogP contribution in [0.4, 0.5) is 0 Å². The number of aliphatic hydroxyl groups is 1. The van der Waals surface area contributed by atoms with Crippen LogP contribution in [0.1, 0.15) is 49.7 Å². The van der Waals surface area contributed by atoms with Gasteiger partial charge >= 0.3 is 0 Å². The Kier molecular flexibility index (Phi) is 4.44. The minimum Gasteiger partial charge on any atom is -0.491 e. The van der Waals surface area contributed by atoms with E-state index in [4.69, 9.17) is 9.94 Å². The van der Waals surface area contributed by atoms with Gasteiger partial charge in [-0.05, 0) is 48.9 Å². The molecule has 1 aromatic carbocycles. The topological polar surface area (TPSA) is 62.1 Å². The van der Waals surface area contributed by atoms with Gasteiger partial charge in [-0.25, -0.2) is 0 Å². The fourth-order valence-corrected chi connectivity index (χ4v) is 3.53. The molecule has 1 saturated carbocycles. The summed E-state index contributed by atoms with van der Waals surface area (Å²) in [4.78, 5) is 0. The molecule has 0 aromatic heterocycles. The van der Waals surface area contributed by atoms with Gasteiger partial charge in [0.1, 0.15) is 12.4 Å². The van der Waals surface area contributed by atoms with E-state index in [0.29, 0.717) is 12.5 Å². The molecule has 114 valence electrons. The number of aryl methyl sites for hydroxylation is 1. The zero-order valence-corrected chi connectivity index (χ0v) is 12.3. The van der Waals surface area contributed by atoms with Gasteiger partial charge in [0.15, 0.2) is 0 Å². The molecule has 0 saturated heterocycles. The second-order valence-electron chi connectivity index (χ2n) is 6.22. The number of fused-ring (bicyclic) bond motifs is 1. The molecule has 0 amide bonds. The molecule has 4 heteroatoms. The van der Waals surface area contributed by atoms with E-state index in [0.717, 1.165) is 41.9 Å². The molecule has 0 spiro atoms. The molecule has 0 aliphatic heterocycles. The van der Waals surface area contributed by atoms with Crippen LogP contribution >= 0.6 is 0 Å². The predicted molar refractivity (Wildman–Crippen MR) is 81.2 cm³/mol. The van der Waals surface area contributed by atoms with Crippen molar-refractivity contribution in [3.05, 3.63) is 29.3 Å². The molecule has 2 N–H and O–H groups in total. The summed E-state index contributed by atoms with van der Waals surface area (Å²) in [5.41, 5.74) is 2.92. The minimum absolute atomic E-state index is 0.357. The summed E-state index contributed by atoms with van der Waals surface area (Å²) < 4.78 is 5.72. The maximum atomic E-state index is 10.1. The van der Waals surface area contributed by atoms with Gasteiger partial charge in [0, 0.05) is 5.56 Å². The van der Waals surface area contributed by atoms with Crippen LogP contribution in [0.25, 0.3) is 0 Å². The largest absolute Gasteiger partial charge is 0.491 e. The number of rotatable bonds is 5. The number of benzene rings is 1. The fourth-order valence-electron chi connectivity index (χ4n) is 3.53. The number of aliphatic hydroxyl groups excluding tert-OH is 1. The van der Waals surface area contributed by atoms with Crippen molar-refractivity contribution in [3.63, 3.8) is 0 Å². The molecular formula is C17H23NO3. The lowest BCUT2D eigenvalue weighted by Gasteiger charge is -2.16. The first-order chi connectivity index (χ1) is 10.3. The minimum atomic E-state index is -0.379. The Labute approximate surface area is 125 Å². The van der Waals surface area contributed by atoms with Crippen LogP contribution in [-0.2, 0) is 6.42 Å². The molecule has 2 aliphatic carbocycles. The molecular weight excluding hydrogens is 266 g/mol. The average Bonchev–Trinajstić information content (AvgIpc) is 3.13. The molecule has 1 atom stereocenters. The summed E-state index contributed by atoms with van der Waals surface area (Å²) in [5, 5.41) is 22.3. The molecule has 1 fully saturated rings. The van der Waals surface area contributed by atoms with Crippen molar-refractivity contribution < 1.29 is 15.1 Å². The molecule has 21 heavy (non-hydrogen) atoms. The Balaban J connectivity index is 1.54. The summed E-state index contributed by atoms with van der Waals surface area (Å²) in [7, 11) is 0. The normalized spacial score (nSPS) is 21.7. The average molecular weight is 289 g/mol. The summed E-state index contributed by atoms with van der Waals surface area (Å²) in [6.45, 7) is 0.357. The first-order valence-electron chi connectivity index (χ1n) is 7.91. The smallest absolute Gasteiger partial charge is 0.119 e. The standard InChI is InChI=1S/C17H23NO3/c19-14(9-12-3-1-2-4-12)11-21-15-6-7-16-13(10-15)5-8-17(16)18-20/h6-7,10,12,14,19-20H,1-5,8-9,11H2/b18-17-. The third kappa shape index (κ3) is 3.38. The van der Waals surface area contributed by atoms with Crippen molar-refractivity contribution in [2.45, 2.75) is 51.0 Å². The SMILES string of the molecule is O/N=C1/CCc2cc(OCC(O)CC3CCCC3)ccc21. The molecule has 0 bridgehead atoms. The fraction of sp³-hybridized carbons (Fsp3) is 0.588. The molecule has 1 unspecified atom stereocenters. The maximum absolute atomic E-state index is 10.1. The third-order valence-corrected chi connectivity index (χ3v) is 4.66. The van der Waals surface area contributed by atoms with Crippen LogP contribution in [0.3, 0.4) is 0 Å². The van der Waals surface area contributed by atoms with Gasteiger partial charge < -0.3 is 15.1 Å². The first kappa shape index (κ1) is 14.4. The lowest BCUT2D eigenvalue weighted by atomic mass is 10.0. The quantitative estimate of drug-likeness (QED) is 0.646. The van der Waals surface area contributed by atoms with E-state index >= 15 is 0 Å². The third-order valence-electron chi connectivity index (χ3n) is 4.66.